The maximum absolute atomic E-state index is 11.9. The smallest absolute Gasteiger partial charge is 0.354 e. The van der Waals surface area contributed by atoms with E-state index < -0.39 is 5.97 Å². The predicted molar refractivity (Wildman–Crippen MR) is 67.6 cm³/mol. The van der Waals surface area contributed by atoms with Crippen LogP contribution in [0.25, 0.3) is 0 Å². The first-order valence-corrected chi connectivity index (χ1v) is 5.88. The highest BCUT2D eigenvalue weighted by Gasteiger charge is 2.21. The molecule has 98 valence electrons. The summed E-state index contributed by atoms with van der Waals surface area (Å²) in [5.41, 5.74) is -0.331. The van der Waals surface area contributed by atoms with Crippen LogP contribution in [0.2, 0.25) is 0 Å². The molecule has 1 aromatic heterocycles. The lowest BCUT2D eigenvalue weighted by Crippen LogP contribution is -2.43. The van der Waals surface area contributed by atoms with Gasteiger partial charge in [0.2, 0.25) is 0 Å². The maximum Gasteiger partial charge on any atom is 0.354 e. The van der Waals surface area contributed by atoms with E-state index in [1.165, 1.54) is 18.2 Å². The molecule has 5 nitrogen and oxygen atoms in total. The molecule has 0 spiro atoms. The zero-order valence-corrected chi connectivity index (χ0v) is 10.9. The Kier molecular flexibility index (Phi) is 4.42. The van der Waals surface area contributed by atoms with Crippen molar-refractivity contribution in [2.75, 3.05) is 0 Å². The van der Waals surface area contributed by atoms with Crippen LogP contribution in [0.4, 0.5) is 0 Å². The first-order chi connectivity index (χ1) is 8.35. The van der Waals surface area contributed by atoms with E-state index in [9.17, 15) is 9.59 Å². The molecule has 5 heteroatoms. The topological polar surface area (TPSA) is 79.3 Å². The highest BCUT2D eigenvalue weighted by molar-refractivity contribution is 5.94. The molecule has 2 N–H and O–H groups in total. The molecule has 0 radical (unpaired) electrons. The van der Waals surface area contributed by atoms with Crippen molar-refractivity contribution in [1.82, 2.24) is 10.3 Å². The van der Waals surface area contributed by atoms with Crippen molar-refractivity contribution in [3.05, 3.63) is 29.6 Å². The van der Waals surface area contributed by atoms with E-state index in [1.54, 1.807) is 0 Å². The lowest BCUT2D eigenvalue weighted by Gasteiger charge is -2.25. The van der Waals surface area contributed by atoms with Crippen LogP contribution in [0, 0.1) is 0 Å². The summed E-state index contributed by atoms with van der Waals surface area (Å²) >= 11 is 0. The average molecular weight is 250 g/mol. The van der Waals surface area contributed by atoms with Gasteiger partial charge in [-0.2, -0.15) is 0 Å². The Hall–Kier alpha value is -1.91. The van der Waals surface area contributed by atoms with Crippen molar-refractivity contribution >= 4 is 11.9 Å². The molecule has 0 aromatic carbocycles. The summed E-state index contributed by atoms with van der Waals surface area (Å²) in [5, 5.41) is 11.7. The van der Waals surface area contributed by atoms with Gasteiger partial charge in [-0.05, 0) is 32.4 Å². The molecule has 0 aliphatic carbocycles. The molecule has 18 heavy (non-hydrogen) atoms. The van der Waals surface area contributed by atoms with Crippen LogP contribution in [0.15, 0.2) is 18.2 Å². The van der Waals surface area contributed by atoms with Crippen LogP contribution >= 0.6 is 0 Å². The van der Waals surface area contributed by atoms with Gasteiger partial charge in [0.15, 0.2) is 0 Å². The highest BCUT2D eigenvalue weighted by Crippen LogP contribution is 2.11. The molecule has 1 rings (SSSR count). The van der Waals surface area contributed by atoms with Gasteiger partial charge in [0, 0.05) is 5.54 Å². The zero-order chi connectivity index (χ0) is 13.8. The van der Waals surface area contributed by atoms with E-state index >= 15 is 0 Å². The number of rotatable bonds is 5. The number of nitrogens with one attached hydrogen (secondary N) is 1. The minimum Gasteiger partial charge on any atom is -0.477 e. The number of aromatic carboxylic acids is 1. The summed E-state index contributed by atoms with van der Waals surface area (Å²) in [6, 6.07) is 4.37. The maximum atomic E-state index is 11.9. The number of carboxylic acids is 1. The first kappa shape index (κ1) is 14.2. The van der Waals surface area contributed by atoms with E-state index in [4.69, 9.17) is 5.11 Å². The van der Waals surface area contributed by atoms with Gasteiger partial charge in [0.25, 0.3) is 5.91 Å². The molecule has 0 bridgehead atoms. The van der Waals surface area contributed by atoms with Crippen molar-refractivity contribution in [1.29, 1.82) is 0 Å². The molecule has 1 heterocycles. The second-order valence-electron chi connectivity index (χ2n) is 4.80. The summed E-state index contributed by atoms with van der Waals surface area (Å²) in [7, 11) is 0. The van der Waals surface area contributed by atoms with E-state index in [2.05, 4.69) is 10.3 Å². The van der Waals surface area contributed by atoms with Crippen LogP contribution in [-0.4, -0.2) is 27.5 Å². The Bertz CT molecular complexity index is 455. The lowest BCUT2D eigenvalue weighted by molar-refractivity contribution is 0.0690. The number of pyridine rings is 1. The fourth-order valence-corrected chi connectivity index (χ4v) is 1.74. The van der Waals surface area contributed by atoms with Crippen molar-refractivity contribution < 1.29 is 14.7 Å². The van der Waals surface area contributed by atoms with Gasteiger partial charge in [0.1, 0.15) is 11.4 Å². The van der Waals surface area contributed by atoms with Crippen LogP contribution in [0.5, 0.6) is 0 Å². The van der Waals surface area contributed by atoms with E-state index in [0.29, 0.717) is 0 Å². The SMILES string of the molecule is CCCC(C)(C)NC(=O)c1cccc(C(=O)O)n1. The van der Waals surface area contributed by atoms with Gasteiger partial charge in [-0.15, -0.1) is 0 Å². The molecule has 0 atom stereocenters. The van der Waals surface area contributed by atoms with Gasteiger partial charge >= 0.3 is 5.97 Å². The van der Waals surface area contributed by atoms with Crippen LogP contribution in [0.1, 0.15) is 54.6 Å². The van der Waals surface area contributed by atoms with Crippen LogP contribution < -0.4 is 5.32 Å². The standard InChI is InChI=1S/C13H18N2O3/c1-4-8-13(2,3)15-11(16)9-6-5-7-10(14-9)12(17)18/h5-7H,4,8H2,1-3H3,(H,15,16)(H,17,18). The number of carboxylic acid groups (broad SMARTS) is 1. The summed E-state index contributed by atoms with van der Waals surface area (Å²) < 4.78 is 0. The molecular formula is C13H18N2O3. The van der Waals surface area contributed by atoms with Gasteiger partial charge in [-0.3, -0.25) is 4.79 Å². The van der Waals surface area contributed by atoms with E-state index in [1.807, 2.05) is 20.8 Å². The number of amides is 1. The second-order valence-corrected chi connectivity index (χ2v) is 4.80. The van der Waals surface area contributed by atoms with Crippen molar-refractivity contribution in [3.8, 4) is 0 Å². The molecule has 0 aliphatic rings. The Labute approximate surface area is 106 Å². The predicted octanol–water partition coefficient (Wildman–Crippen LogP) is 2.09. The van der Waals surface area contributed by atoms with Crippen molar-refractivity contribution in [3.63, 3.8) is 0 Å². The quantitative estimate of drug-likeness (QED) is 0.838. The number of carbonyl (C=O) groups is 2. The molecule has 1 amide bonds. The summed E-state index contributed by atoms with van der Waals surface area (Å²) in [5.74, 6) is -1.49. The van der Waals surface area contributed by atoms with Gasteiger partial charge in [-0.25, -0.2) is 9.78 Å². The second kappa shape index (κ2) is 5.62. The van der Waals surface area contributed by atoms with Gasteiger partial charge < -0.3 is 10.4 Å². The monoisotopic (exact) mass is 250 g/mol. The lowest BCUT2D eigenvalue weighted by atomic mass is 9.99. The molecule has 0 unspecified atom stereocenters. The number of hydrogen-bond donors (Lipinski definition) is 2. The normalized spacial score (nSPS) is 11.1. The number of hydrogen-bond acceptors (Lipinski definition) is 3. The molecule has 1 aromatic rings. The van der Waals surface area contributed by atoms with Crippen molar-refractivity contribution in [2.45, 2.75) is 39.2 Å². The highest BCUT2D eigenvalue weighted by atomic mass is 16.4. The fourth-order valence-electron chi connectivity index (χ4n) is 1.74. The minimum atomic E-state index is -1.14. The Morgan fingerprint density at radius 2 is 1.94 bits per heavy atom. The molecule has 0 fully saturated rings. The number of nitrogens with zero attached hydrogens (tertiary/aromatic N) is 1. The number of carbonyl (C=O) groups excluding carboxylic acids is 1. The Morgan fingerprint density at radius 1 is 1.33 bits per heavy atom. The van der Waals surface area contributed by atoms with Gasteiger partial charge in [0.05, 0.1) is 0 Å². The first-order valence-electron chi connectivity index (χ1n) is 5.88. The van der Waals surface area contributed by atoms with Gasteiger partial charge in [-0.1, -0.05) is 19.4 Å². The summed E-state index contributed by atoms with van der Waals surface area (Å²) in [4.78, 5) is 26.5. The van der Waals surface area contributed by atoms with Crippen LogP contribution in [-0.2, 0) is 0 Å². The molecule has 0 saturated carbocycles. The zero-order valence-electron chi connectivity index (χ0n) is 10.9. The Morgan fingerprint density at radius 3 is 2.50 bits per heavy atom. The third kappa shape index (κ3) is 3.84. The largest absolute Gasteiger partial charge is 0.477 e. The number of aromatic nitrogens is 1. The van der Waals surface area contributed by atoms with E-state index in [0.717, 1.165) is 12.8 Å². The third-order valence-corrected chi connectivity index (χ3v) is 2.53. The molecule has 0 aliphatic heterocycles. The minimum absolute atomic E-state index is 0.124. The molecular weight excluding hydrogens is 232 g/mol. The fraction of sp³-hybridized carbons (Fsp3) is 0.462. The molecule has 0 saturated heterocycles. The average Bonchev–Trinajstić information content (AvgIpc) is 2.28. The van der Waals surface area contributed by atoms with Crippen molar-refractivity contribution in [2.24, 2.45) is 0 Å². The van der Waals surface area contributed by atoms with E-state index in [-0.39, 0.29) is 22.8 Å². The third-order valence-electron chi connectivity index (χ3n) is 2.53. The van der Waals surface area contributed by atoms with Crippen LogP contribution in [0.3, 0.4) is 0 Å². The summed E-state index contributed by atoms with van der Waals surface area (Å²) in [6.45, 7) is 5.89. The summed E-state index contributed by atoms with van der Waals surface area (Å²) in [6.07, 6.45) is 1.80. The Balaban J connectivity index is 2.84.